The summed E-state index contributed by atoms with van der Waals surface area (Å²) in [6.45, 7) is 2.86. The van der Waals surface area contributed by atoms with Gasteiger partial charge in [-0.3, -0.25) is 4.90 Å². The number of nitrogens with zero attached hydrogens (tertiary/aromatic N) is 3. The zero-order valence-corrected chi connectivity index (χ0v) is 27.5. The third-order valence-electron chi connectivity index (χ3n) is 8.88. The lowest BCUT2D eigenvalue weighted by Crippen LogP contribution is -2.49. The number of piperidine rings is 1. The van der Waals surface area contributed by atoms with Crippen LogP contribution in [0.4, 0.5) is 39.8 Å². The van der Waals surface area contributed by atoms with Crippen LogP contribution in [0.15, 0.2) is 116 Å². The zero-order valence-electron chi connectivity index (χ0n) is 27.5. The van der Waals surface area contributed by atoms with E-state index < -0.39 is 17.8 Å². The van der Waals surface area contributed by atoms with E-state index >= 15 is 0 Å². The van der Waals surface area contributed by atoms with Crippen molar-refractivity contribution in [2.45, 2.75) is 44.6 Å². The number of alkyl halides is 3. The van der Waals surface area contributed by atoms with Crippen molar-refractivity contribution in [3.63, 3.8) is 0 Å². The van der Waals surface area contributed by atoms with Gasteiger partial charge >= 0.3 is 18.2 Å². The molecule has 1 unspecified atom stereocenters. The summed E-state index contributed by atoms with van der Waals surface area (Å²) in [6.07, 6.45) is -0.0945. The Kier molecular flexibility index (Phi) is 10.5. The zero-order chi connectivity index (χ0) is 35.1. The van der Waals surface area contributed by atoms with Gasteiger partial charge in [0.2, 0.25) is 0 Å². The molecule has 0 radical (unpaired) electrons. The van der Waals surface area contributed by atoms with E-state index in [1.807, 2.05) is 65.6 Å². The number of benzene rings is 4. The Morgan fingerprint density at radius 1 is 0.860 bits per heavy atom. The Balaban J connectivity index is 1.18. The molecule has 4 amide bonds. The van der Waals surface area contributed by atoms with Gasteiger partial charge in [-0.05, 0) is 78.9 Å². The maximum absolute atomic E-state index is 13.9. The number of anilines is 3. The molecule has 9 nitrogen and oxygen atoms in total. The summed E-state index contributed by atoms with van der Waals surface area (Å²) in [7, 11) is 0. The summed E-state index contributed by atoms with van der Waals surface area (Å²) >= 11 is 0. The maximum atomic E-state index is 13.9. The van der Waals surface area contributed by atoms with Crippen LogP contribution in [0, 0.1) is 6.92 Å². The minimum absolute atomic E-state index is 0.143. The van der Waals surface area contributed by atoms with Gasteiger partial charge in [-0.15, -0.1) is 0 Å². The van der Waals surface area contributed by atoms with Crippen molar-refractivity contribution in [1.29, 1.82) is 0 Å². The number of halogens is 3. The van der Waals surface area contributed by atoms with Gasteiger partial charge in [0.15, 0.2) is 0 Å². The number of carbonyl (C=O) groups excluding carboxylic acids is 2. The van der Waals surface area contributed by atoms with E-state index in [1.165, 1.54) is 25.4 Å². The lowest BCUT2D eigenvalue weighted by Gasteiger charge is -2.41. The fraction of sp³-hybridized carbons (Fsp3) is 0.237. The molecule has 1 atom stereocenters. The number of H-pyrrole nitrogens is 1. The number of urea groups is 2. The van der Waals surface area contributed by atoms with Crippen LogP contribution in [0.5, 0.6) is 0 Å². The molecular formula is C38H38F3N7O2. The quantitative estimate of drug-likeness (QED) is 0.125. The number of imidazole rings is 1. The van der Waals surface area contributed by atoms with Crippen LogP contribution >= 0.6 is 0 Å². The molecule has 0 bridgehead atoms. The minimum atomic E-state index is -4.47. The van der Waals surface area contributed by atoms with E-state index in [0.717, 1.165) is 5.56 Å². The second kappa shape index (κ2) is 15.3. The van der Waals surface area contributed by atoms with Crippen LogP contribution in [-0.4, -0.2) is 51.0 Å². The third-order valence-corrected chi connectivity index (χ3v) is 8.88. The number of aryl methyl sites for hydroxylation is 1. The second-order valence-corrected chi connectivity index (χ2v) is 12.3. The van der Waals surface area contributed by atoms with E-state index in [2.05, 4.69) is 30.8 Å². The van der Waals surface area contributed by atoms with Gasteiger partial charge in [-0.1, -0.05) is 60.7 Å². The standard InChI is InChI=1S/C38H38F3N7O2/c1-26-12-15-28(22-33(26)38(39,40)41)35(34-23-42-25-43-34)47-20-18-32(19-21-47)48(37(50)46-30-10-6-3-7-11-30)24-27-13-16-31(17-14-27)45-36(49)44-29-8-4-2-5-9-29/h2-17,22-23,25,32,35H,18-21,24H2,1H3,(H,42,43)(H,46,50)(H2,44,45,49). The first-order valence-electron chi connectivity index (χ1n) is 16.4. The summed E-state index contributed by atoms with van der Waals surface area (Å²) in [4.78, 5) is 37.5. The molecule has 4 aromatic carbocycles. The summed E-state index contributed by atoms with van der Waals surface area (Å²) in [5, 5.41) is 8.63. The summed E-state index contributed by atoms with van der Waals surface area (Å²) < 4.78 is 41.7. The minimum Gasteiger partial charge on any atom is -0.347 e. The van der Waals surface area contributed by atoms with Crippen LogP contribution in [0.3, 0.4) is 0 Å². The molecule has 258 valence electrons. The first-order valence-corrected chi connectivity index (χ1v) is 16.4. The van der Waals surface area contributed by atoms with Crippen LogP contribution in [-0.2, 0) is 12.7 Å². The molecule has 50 heavy (non-hydrogen) atoms. The molecule has 1 aliphatic rings. The Morgan fingerprint density at radius 3 is 2.04 bits per heavy atom. The second-order valence-electron chi connectivity index (χ2n) is 12.3. The Labute approximate surface area is 288 Å². The fourth-order valence-corrected chi connectivity index (χ4v) is 6.36. The molecule has 1 saturated heterocycles. The molecule has 4 N–H and O–H groups in total. The molecule has 1 aromatic heterocycles. The molecule has 5 aromatic rings. The number of rotatable bonds is 9. The van der Waals surface area contributed by atoms with Crippen molar-refractivity contribution in [2.24, 2.45) is 0 Å². The Hall–Kier alpha value is -5.62. The third kappa shape index (κ3) is 8.50. The molecule has 2 heterocycles. The van der Waals surface area contributed by atoms with Gasteiger partial charge in [0, 0.05) is 48.9 Å². The Morgan fingerprint density at radius 2 is 1.46 bits per heavy atom. The Bertz CT molecular complexity index is 1860. The highest BCUT2D eigenvalue weighted by atomic mass is 19.4. The number of nitrogens with one attached hydrogen (secondary N) is 4. The summed E-state index contributed by atoms with van der Waals surface area (Å²) in [6, 6.07) is 29.0. The molecule has 0 aliphatic carbocycles. The van der Waals surface area contributed by atoms with Gasteiger partial charge in [-0.2, -0.15) is 13.2 Å². The number of hydrogen-bond acceptors (Lipinski definition) is 4. The highest BCUT2D eigenvalue weighted by Gasteiger charge is 2.36. The van der Waals surface area contributed by atoms with E-state index in [-0.39, 0.29) is 23.7 Å². The SMILES string of the molecule is Cc1ccc(C(c2cnc[nH]2)N2CCC(N(Cc3ccc(NC(=O)Nc4ccccc4)cc3)C(=O)Nc3ccccc3)CC2)cc1C(F)(F)F. The van der Waals surface area contributed by atoms with Gasteiger partial charge < -0.3 is 25.8 Å². The van der Waals surface area contributed by atoms with E-state index in [0.29, 0.717) is 60.8 Å². The van der Waals surface area contributed by atoms with E-state index in [9.17, 15) is 22.8 Å². The number of carbonyl (C=O) groups is 2. The summed E-state index contributed by atoms with van der Waals surface area (Å²) in [5.74, 6) is 0. The first-order chi connectivity index (χ1) is 24.1. The molecule has 12 heteroatoms. The van der Waals surface area contributed by atoms with Crippen LogP contribution in [0.25, 0.3) is 0 Å². The monoisotopic (exact) mass is 681 g/mol. The highest BCUT2D eigenvalue weighted by molar-refractivity contribution is 5.99. The average molecular weight is 682 g/mol. The number of hydrogen-bond donors (Lipinski definition) is 4. The lowest BCUT2D eigenvalue weighted by molar-refractivity contribution is -0.138. The normalized spacial score (nSPS) is 14.5. The van der Waals surface area contributed by atoms with Crippen LogP contribution in [0.1, 0.15) is 46.8 Å². The molecule has 1 fully saturated rings. The van der Waals surface area contributed by atoms with Crippen molar-refractivity contribution >= 4 is 29.1 Å². The predicted molar refractivity (Wildman–Crippen MR) is 188 cm³/mol. The molecule has 6 rings (SSSR count). The van der Waals surface area contributed by atoms with Gasteiger partial charge in [0.05, 0.1) is 23.6 Å². The fourth-order valence-electron chi connectivity index (χ4n) is 6.36. The lowest BCUT2D eigenvalue weighted by atomic mass is 9.94. The topological polar surface area (TPSA) is 105 Å². The molecule has 0 spiro atoms. The highest BCUT2D eigenvalue weighted by Crippen LogP contribution is 2.37. The van der Waals surface area contributed by atoms with Crippen molar-refractivity contribution < 1.29 is 22.8 Å². The first kappa shape index (κ1) is 34.3. The van der Waals surface area contributed by atoms with Gasteiger partial charge in [0.1, 0.15) is 0 Å². The summed E-state index contributed by atoms with van der Waals surface area (Å²) in [5.41, 5.74) is 3.56. The van der Waals surface area contributed by atoms with Crippen LogP contribution in [0.2, 0.25) is 0 Å². The number of amides is 4. The average Bonchev–Trinajstić information content (AvgIpc) is 3.64. The predicted octanol–water partition coefficient (Wildman–Crippen LogP) is 8.67. The van der Waals surface area contributed by atoms with Gasteiger partial charge in [-0.25, -0.2) is 14.6 Å². The molecular weight excluding hydrogens is 643 g/mol. The van der Waals surface area contributed by atoms with Crippen molar-refractivity contribution in [3.05, 3.63) is 144 Å². The number of likely N-dealkylation sites (tertiary alicyclic amines) is 1. The van der Waals surface area contributed by atoms with Gasteiger partial charge in [0.25, 0.3) is 0 Å². The van der Waals surface area contributed by atoms with Crippen molar-refractivity contribution in [2.75, 3.05) is 29.0 Å². The van der Waals surface area contributed by atoms with E-state index in [4.69, 9.17) is 0 Å². The smallest absolute Gasteiger partial charge is 0.347 e. The van der Waals surface area contributed by atoms with Crippen molar-refractivity contribution in [1.82, 2.24) is 19.8 Å². The van der Waals surface area contributed by atoms with Crippen LogP contribution < -0.4 is 16.0 Å². The largest absolute Gasteiger partial charge is 0.416 e. The number of aromatic amines is 1. The number of aromatic nitrogens is 2. The van der Waals surface area contributed by atoms with Crippen molar-refractivity contribution in [3.8, 4) is 0 Å². The van der Waals surface area contributed by atoms with E-state index in [1.54, 1.807) is 36.5 Å². The maximum Gasteiger partial charge on any atom is 0.416 e. The molecule has 1 aliphatic heterocycles. The molecule has 0 saturated carbocycles. The number of para-hydroxylation sites is 2.